The predicted octanol–water partition coefficient (Wildman–Crippen LogP) is 1.27. The van der Waals surface area contributed by atoms with Crippen molar-refractivity contribution < 1.29 is 4.39 Å². The van der Waals surface area contributed by atoms with Gasteiger partial charge in [0.2, 0.25) is 0 Å². The minimum Gasteiger partial charge on any atom is -0.398 e. The minimum atomic E-state index is -0.373. The van der Waals surface area contributed by atoms with E-state index in [2.05, 4.69) is 5.10 Å². The molecule has 0 aliphatic rings. The van der Waals surface area contributed by atoms with Crippen LogP contribution in [0.15, 0.2) is 47.7 Å². The molecule has 0 fully saturated rings. The number of rotatable bonds is 2. The average Bonchev–Trinajstić information content (AvgIpc) is 2.86. The lowest BCUT2D eigenvalue weighted by Gasteiger charge is -2.08. The summed E-state index contributed by atoms with van der Waals surface area (Å²) in [4.78, 5) is 12.2. The topological polar surface area (TPSA) is 65.3 Å². The number of nitrogen functional groups attached to an aromatic ring is 1. The van der Waals surface area contributed by atoms with Gasteiger partial charge in [-0.2, -0.15) is 5.10 Å². The van der Waals surface area contributed by atoms with E-state index < -0.39 is 0 Å². The number of fused-ring (bicyclic) bond motifs is 1. The molecule has 0 bridgehead atoms. The molecule has 0 radical (unpaired) electrons. The summed E-state index contributed by atoms with van der Waals surface area (Å²) >= 11 is 0. The Hall–Kier alpha value is -2.63. The van der Waals surface area contributed by atoms with Gasteiger partial charge in [-0.05, 0) is 29.8 Å². The van der Waals surface area contributed by atoms with E-state index in [1.54, 1.807) is 24.7 Å². The second kappa shape index (κ2) is 4.24. The van der Waals surface area contributed by atoms with Crippen molar-refractivity contribution in [2.24, 2.45) is 0 Å². The standard InChI is InChI=1S/C13H11FN4O/c14-10-1-2-11(15)9(7-10)8-17-5-6-18-12(13(17)19)3-4-16-18/h1-7H,8,15H2. The van der Waals surface area contributed by atoms with Gasteiger partial charge in [0.1, 0.15) is 11.3 Å². The van der Waals surface area contributed by atoms with E-state index in [0.29, 0.717) is 16.8 Å². The molecule has 5 nitrogen and oxygen atoms in total. The lowest BCUT2D eigenvalue weighted by Crippen LogP contribution is -2.22. The van der Waals surface area contributed by atoms with Crippen LogP contribution in [0.5, 0.6) is 0 Å². The molecule has 0 amide bonds. The number of aromatic nitrogens is 3. The maximum absolute atomic E-state index is 13.2. The molecular weight excluding hydrogens is 247 g/mol. The normalized spacial score (nSPS) is 11.0. The average molecular weight is 258 g/mol. The van der Waals surface area contributed by atoms with Crippen LogP contribution < -0.4 is 11.3 Å². The number of hydrogen-bond donors (Lipinski definition) is 1. The highest BCUT2D eigenvalue weighted by Crippen LogP contribution is 2.14. The Morgan fingerprint density at radius 2 is 2.11 bits per heavy atom. The van der Waals surface area contributed by atoms with E-state index in [1.807, 2.05) is 0 Å². The number of nitrogens with zero attached hydrogens (tertiary/aromatic N) is 3. The highest BCUT2D eigenvalue weighted by atomic mass is 19.1. The number of anilines is 1. The van der Waals surface area contributed by atoms with Crippen molar-refractivity contribution in [2.45, 2.75) is 6.54 Å². The third kappa shape index (κ3) is 1.97. The number of benzene rings is 1. The van der Waals surface area contributed by atoms with Crippen LogP contribution in [0.3, 0.4) is 0 Å². The Morgan fingerprint density at radius 3 is 2.95 bits per heavy atom. The number of nitrogens with two attached hydrogens (primary N) is 1. The lowest BCUT2D eigenvalue weighted by molar-refractivity contribution is 0.623. The van der Waals surface area contributed by atoms with Gasteiger partial charge in [-0.1, -0.05) is 0 Å². The quantitative estimate of drug-likeness (QED) is 0.704. The van der Waals surface area contributed by atoms with Crippen LogP contribution in [0.4, 0.5) is 10.1 Å². The first kappa shape index (κ1) is 11.5. The zero-order valence-corrected chi connectivity index (χ0v) is 9.95. The third-order valence-electron chi connectivity index (χ3n) is 2.98. The van der Waals surface area contributed by atoms with Crippen molar-refractivity contribution in [3.05, 3.63) is 64.6 Å². The molecule has 19 heavy (non-hydrogen) atoms. The van der Waals surface area contributed by atoms with Crippen LogP contribution in [-0.4, -0.2) is 14.2 Å². The zero-order chi connectivity index (χ0) is 13.4. The van der Waals surface area contributed by atoms with E-state index in [4.69, 9.17) is 5.73 Å². The fourth-order valence-corrected chi connectivity index (χ4v) is 1.98. The first-order valence-corrected chi connectivity index (χ1v) is 5.72. The van der Waals surface area contributed by atoms with Crippen LogP contribution in [0.2, 0.25) is 0 Å². The molecule has 1 aromatic carbocycles. The van der Waals surface area contributed by atoms with Gasteiger partial charge in [-0.15, -0.1) is 0 Å². The maximum atomic E-state index is 13.2. The Kier molecular flexibility index (Phi) is 2.56. The number of halogens is 1. The van der Waals surface area contributed by atoms with E-state index in [-0.39, 0.29) is 17.9 Å². The second-order valence-corrected chi connectivity index (χ2v) is 4.24. The summed E-state index contributed by atoms with van der Waals surface area (Å²) in [6.45, 7) is 0.226. The second-order valence-electron chi connectivity index (χ2n) is 4.24. The van der Waals surface area contributed by atoms with Crippen LogP contribution in [-0.2, 0) is 6.54 Å². The third-order valence-corrected chi connectivity index (χ3v) is 2.98. The summed E-state index contributed by atoms with van der Waals surface area (Å²) in [5, 5.41) is 3.98. The minimum absolute atomic E-state index is 0.191. The summed E-state index contributed by atoms with van der Waals surface area (Å²) < 4.78 is 16.2. The van der Waals surface area contributed by atoms with Crippen LogP contribution in [0.25, 0.3) is 5.52 Å². The molecular formula is C13H11FN4O. The van der Waals surface area contributed by atoms with Gasteiger partial charge in [-0.3, -0.25) is 4.79 Å². The monoisotopic (exact) mass is 258 g/mol. The van der Waals surface area contributed by atoms with Crippen molar-refractivity contribution >= 4 is 11.2 Å². The predicted molar refractivity (Wildman–Crippen MR) is 69.4 cm³/mol. The van der Waals surface area contributed by atoms with Gasteiger partial charge in [-0.25, -0.2) is 8.91 Å². The molecule has 3 rings (SSSR count). The first-order valence-electron chi connectivity index (χ1n) is 5.72. The van der Waals surface area contributed by atoms with E-state index in [9.17, 15) is 9.18 Å². The summed E-state index contributed by atoms with van der Waals surface area (Å²) in [6, 6.07) is 5.75. The Morgan fingerprint density at radius 1 is 1.26 bits per heavy atom. The van der Waals surface area contributed by atoms with Crippen LogP contribution >= 0.6 is 0 Å². The Labute approximate surface area is 107 Å². The van der Waals surface area contributed by atoms with Crippen LogP contribution in [0.1, 0.15) is 5.56 Å². The maximum Gasteiger partial charge on any atom is 0.276 e. The fraction of sp³-hybridized carbons (Fsp3) is 0.0769. The summed E-state index contributed by atoms with van der Waals surface area (Å²) in [5.41, 5.74) is 7.09. The van der Waals surface area contributed by atoms with Gasteiger partial charge in [0.05, 0.1) is 12.7 Å². The van der Waals surface area contributed by atoms with Gasteiger partial charge in [0.15, 0.2) is 0 Å². The van der Waals surface area contributed by atoms with Crippen molar-refractivity contribution in [2.75, 3.05) is 5.73 Å². The molecule has 6 heteroatoms. The van der Waals surface area contributed by atoms with E-state index >= 15 is 0 Å². The van der Waals surface area contributed by atoms with Crippen molar-refractivity contribution in [1.29, 1.82) is 0 Å². The molecule has 2 N–H and O–H groups in total. The molecule has 0 saturated heterocycles. The molecule has 0 aliphatic carbocycles. The Bertz CT molecular complexity index is 806. The molecule has 2 heterocycles. The van der Waals surface area contributed by atoms with Crippen LogP contribution in [0, 0.1) is 5.82 Å². The highest BCUT2D eigenvalue weighted by Gasteiger charge is 2.06. The van der Waals surface area contributed by atoms with Gasteiger partial charge in [0.25, 0.3) is 5.56 Å². The summed E-state index contributed by atoms with van der Waals surface area (Å²) in [7, 11) is 0. The van der Waals surface area contributed by atoms with Gasteiger partial charge >= 0.3 is 0 Å². The SMILES string of the molecule is Nc1ccc(F)cc1Cn1ccn2nccc2c1=O. The fourth-order valence-electron chi connectivity index (χ4n) is 1.98. The molecule has 3 aromatic rings. The first-order chi connectivity index (χ1) is 9.15. The number of hydrogen-bond acceptors (Lipinski definition) is 3. The van der Waals surface area contributed by atoms with Gasteiger partial charge in [0, 0.05) is 18.1 Å². The molecule has 2 aromatic heterocycles. The smallest absolute Gasteiger partial charge is 0.276 e. The van der Waals surface area contributed by atoms with Crippen molar-refractivity contribution in [1.82, 2.24) is 14.2 Å². The van der Waals surface area contributed by atoms with Crippen molar-refractivity contribution in [3.63, 3.8) is 0 Å². The van der Waals surface area contributed by atoms with E-state index in [0.717, 1.165) is 0 Å². The zero-order valence-electron chi connectivity index (χ0n) is 9.95. The highest BCUT2D eigenvalue weighted by molar-refractivity contribution is 5.47. The molecule has 96 valence electrons. The lowest BCUT2D eigenvalue weighted by atomic mass is 10.1. The molecule has 0 aliphatic heterocycles. The molecule has 0 saturated carbocycles. The van der Waals surface area contributed by atoms with Gasteiger partial charge < -0.3 is 10.3 Å². The molecule has 0 unspecified atom stereocenters. The molecule has 0 spiro atoms. The van der Waals surface area contributed by atoms with Crippen molar-refractivity contribution in [3.8, 4) is 0 Å². The van der Waals surface area contributed by atoms with E-state index in [1.165, 1.54) is 27.3 Å². The molecule has 0 atom stereocenters. The summed E-state index contributed by atoms with van der Waals surface area (Å²) in [5.74, 6) is -0.373. The Balaban J connectivity index is 2.08. The largest absolute Gasteiger partial charge is 0.398 e. The summed E-state index contributed by atoms with van der Waals surface area (Å²) in [6.07, 6.45) is 4.83.